The van der Waals surface area contributed by atoms with Gasteiger partial charge in [-0.3, -0.25) is 4.98 Å². The average molecular weight is 341 g/mol. The third-order valence-corrected chi connectivity index (χ3v) is 4.05. The Morgan fingerprint density at radius 1 is 1.10 bits per heavy atom. The smallest absolute Gasteiger partial charge is 0.0884 e. The number of hydrogen-bond donors (Lipinski definition) is 4. The van der Waals surface area contributed by atoms with Gasteiger partial charge in [0.25, 0.3) is 0 Å². The molecule has 2 rings (SSSR count). The minimum absolute atomic E-state index is 0.345. The molecular formula is C14H17BrN2O3. The van der Waals surface area contributed by atoms with Crippen molar-refractivity contribution >= 4 is 26.8 Å². The Kier molecular flexibility index (Phi) is 5.06. The number of hydrogen-bond acceptors (Lipinski definition) is 5. The Morgan fingerprint density at radius 3 is 2.45 bits per heavy atom. The first-order chi connectivity index (χ1) is 9.65. The number of nitrogens with zero attached hydrogens (tertiary/aromatic N) is 1. The van der Waals surface area contributed by atoms with Crippen LogP contribution in [0.4, 0.5) is 0 Å². The summed E-state index contributed by atoms with van der Waals surface area (Å²) in [7, 11) is 0. The fourth-order valence-corrected chi connectivity index (χ4v) is 2.39. The van der Waals surface area contributed by atoms with Crippen molar-refractivity contribution in [3.63, 3.8) is 0 Å². The van der Waals surface area contributed by atoms with Crippen LogP contribution in [-0.4, -0.2) is 45.7 Å². The van der Waals surface area contributed by atoms with Crippen LogP contribution in [0.25, 0.3) is 10.9 Å². The second kappa shape index (κ2) is 6.60. The third kappa shape index (κ3) is 2.99. The highest BCUT2D eigenvalue weighted by atomic mass is 79.9. The number of pyridine rings is 1. The Hall–Kier alpha value is -1.05. The summed E-state index contributed by atoms with van der Waals surface area (Å²) >= 11 is 3.48. The van der Waals surface area contributed by atoms with Crippen molar-refractivity contribution in [2.75, 3.05) is 19.8 Å². The average Bonchev–Trinajstić information content (AvgIpc) is 2.51. The van der Waals surface area contributed by atoms with Gasteiger partial charge in [-0.2, -0.15) is 0 Å². The van der Waals surface area contributed by atoms with E-state index < -0.39 is 5.54 Å². The van der Waals surface area contributed by atoms with E-state index in [1.165, 1.54) is 0 Å². The van der Waals surface area contributed by atoms with E-state index in [1.54, 1.807) is 6.20 Å². The second-order valence-corrected chi connectivity index (χ2v) is 5.57. The van der Waals surface area contributed by atoms with Gasteiger partial charge in [0.1, 0.15) is 0 Å². The topological polar surface area (TPSA) is 85.6 Å². The molecule has 0 spiro atoms. The van der Waals surface area contributed by atoms with Gasteiger partial charge in [0.15, 0.2) is 0 Å². The summed E-state index contributed by atoms with van der Waals surface area (Å²) in [4.78, 5) is 4.36. The number of aliphatic hydroxyl groups excluding tert-OH is 3. The number of rotatable bonds is 6. The fourth-order valence-electron chi connectivity index (χ4n) is 1.94. The molecule has 0 unspecified atom stereocenters. The monoisotopic (exact) mass is 340 g/mol. The number of benzene rings is 1. The summed E-state index contributed by atoms with van der Waals surface area (Å²) in [6.45, 7) is -0.645. The molecule has 0 atom stereocenters. The highest BCUT2D eigenvalue weighted by molar-refractivity contribution is 9.10. The fraction of sp³-hybridized carbons (Fsp3) is 0.357. The second-order valence-electron chi connectivity index (χ2n) is 4.71. The molecule has 1 aromatic carbocycles. The molecule has 0 saturated heterocycles. The molecule has 1 aromatic heterocycles. The largest absolute Gasteiger partial charge is 0.394 e. The van der Waals surface area contributed by atoms with Crippen LogP contribution < -0.4 is 5.32 Å². The molecule has 0 radical (unpaired) electrons. The molecule has 108 valence electrons. The molecule has 0 aliphatic heterocycles. The molecule has 0 amide bonds. The maximum absolute atomic E-state index is 9.31. The molecule has 4 N–H and O–H groups in total. The zero-order valence-corrected chi connectivity index (χ0v) is 12.5. The predicted octanol–water partition coefficient (Wildman–Crippen LogP) is 0.803. The maximum atomic E-state index is 9.31. The first-order valence-corrected chi connectivity index (χ1v) is 7.05. The number of aliphatic hydroxyl groups is 3. The van der Waals surface area contributed by atoms with E-state index in [-0.39, 0.29) is 19.8 Å². The third-order valence-electron chi connectivity index (χ3n) is 3.36. The molecular weight excluding hydrogens is 324 g/mol. The summed E-state index contributed by atoms with van der Waals surface area (Å²) in [5.41, 5.74) is 0.689. The van der Waals surface area contributed by atoms with E-state index in [4.69, 9.17) is 0 Å². The molecule has 6 heteroatoms. The van der Waals surface area contributed by atoms with Crippen molar-refractivity contribution in [2.24, 2.45) is 0 Å². The molecule has 0 saturated carbocycles. The number of nitrogens with one attached hydrogen (secondary N) is 1. The lowest BCUT2D eigenvalue weighted by atomic mass is 10.0. The van der Waals surface area contributed by atoms with Crippen LogP contribution in [0.1, 0.15) is 5.56 Å². The minimum Gasteiger partial charge on any atom is -0.394 e. The van der Waals surface area contributed by atoms with Crippen molar-refractivity contribution in [2.45, 2.75) is 12.1 Å². The van der Waals surface area contributed by atoms with Crippen LogP contribution in [-0.2, 0) is 6.54 Å². The van der Waals surface area contributed by atoms with E-state index >= 15 is 0 Å². The van der Waals surface area contributed by atoms with E-state index in [0.717, 1.165) is 20.9 Å². The van der Waals surface area contributed by atoms with Gasteiger partial charge in [-0.1, -0.05) is 28.1 Å². The zero-order chi connectivity index (χ0) is 14.6. The van der Waals surface area contributed by atoms with Crippen molar-refractivity contribution in [1.82, 2.24) is 10.3 Å². The molecule has 0 fully saturated rings. The summed E-state index contributed by atoms with van der Waals surface area (Å²) in [6.07, 6.45) is 1.72. The van der Waals surface area contributed by atoms with Gasteiger partial charge < -0.3 is 20.6 Å². The highest BCUT2D eigenvalue weighted by Crippen LogP contribution is 2.25. The lowest BCUT2D eigenvalue weighted by Crippen LogP contribution is -2.54. The predicted molar refractivity (Wildman–Crippen MR) is 80.3 cm³/mol. The van der Waals surface area contributed by atoms with E-state index in [9.17, 15) is 15.3 Å². The SMILES string of the molecule is OCC(CO)(CO)NCc1ccc(Br)c2cccnc12. The molecule has 0 bridgehead atoms. The quantitative estimate of drug-likeness (QED) is 0.625. The Labute approximate surface area is 125 Å². The zero-order valence-electron chi connectivity index (χ0n) is 10.9. The van der Waals surface area contributed by atoms with Crippen molar-refractivity contribution in [1.29, 1.82) is 0 Å². The first kappa shape index (κ1) is 15.3. The van der Waals surface area contributed by atoms with Crippen LogP contribution in [0, 0.1) is 0 Å². The summed E-state index contributed by atoms with van der Waals surface area (Å²) in [6, 6.07) is 7.68. The van der Waals surface area contributed by atoms with Gasteiger partial charge in [0.05, 0.1) is 30.9 Å². The minimum atomic E-state index is -1.09. The van der Waals surface area contributed by atoms with Crippen molar-refractivity contribution in [3.8, 4) is 0 Å². The van der Waals surface area contributed by atoms with Crippen LogP contribution >= 0.6 is 15.9 Å². The Bertz CT molecular complexity index is 579. The normalized spacial score (nSPS) is 12.0. The number of aromatic nitrogens is 1. The number of halogens is 1. The van der Waals surface area contributed by atoms with Crippen molar-refractivity contribution in [3.05, 3.63) is 40.5 Å². The first-order valence-electron chi connectivity index (χ1n) is 6.25. The highest BCUT2D eigenvalue weighted by Gasteiger charge is 2.27. The van der Waals surface area contributed by atoms with Crippen LogP contribution in [0.5, 0.6) is 0 Å². The Balaban J connectivity index is 2.29. The van der Waals surface area contributed by atoms with Gasteiger partial charge in [-0.15, -0.1) is 0 Å². The van der Waals surface area contributed by atoms with Crippen LogP contribution in [0.15, 0.2) is 34.9 Å². The molecule has 5 nitrogen and oxygen atoms in total. The van der Waals surface area contributed by atoms with Crippen LogP contribution in [0.2, 0.25) is 0 Å². The molecule has 0 aliphatic rings. The molecule has 1 heterocycles. The van der Waals surface area contributed by atoms with Crippen molar-refractivity contribution < 1.29 is 15.3 Å². The number of fused-ring (bicyclic) bond motifs is 1. The van der Waals surface area contributed by atoms with E-state index in [0.29, 0.717) is 6.54 Å². The summed E-state index contributed by atoms with van der Waals surface area (Å²) in [5.74, 6) is 0. The lowest BCUT2D eigenvalue weighted by Gasteiger charge is -2.29. The molecule has 0 aliphatic carbocycles. The standard InChI is InChI=1S/C14H17BrN2O3/c15-12-4-3-10(13-11(12)2-1-5-16-13)6-17-14(7-18,8-19)9-20/h1-5,17-20H,6-9H2. The summed E-state index contributed by atoms with van der Waals surface area (Å²) in [5, 5.41) is 31.9. The van der Waals surface area contributed by atoms with E-state index in [1.807, 2.05) is 24.3 Å². The lowest BCUT2D eigenvalue weighted by molar-refractivity contribution is 0.0414. The van der Waals surface area contributed by atoms with Gasteiger partial charge in [-0.25, -0.2) is 0 Å². The van der Waals surface area contributed by atoms with Gasteiger partial charge in [0.2, 0.25) is 0 Å². The molecule has 20 heavy (non-hydrogen) atoms. The summed E-state index contributed by atoms with van der Waals surface area (Å²) < 4.78 is 0.960. The molecule has 2 aromatic rings. The van der Waals surface area contributed by atoms with Crippen LogP contribution in [0.3, 0.4) is 0 Å². The van der Waals surface area contributed by atoms with E-state index in [2.05, 4.69) is 26.2 Å². The van der Waals surface area contributed by atoms with Gasteiger partial charge >= 0.3 is 0 Å². The Morgan fingerprint density at radius 2 is 1.80 bits per heavy atom. The maximum Gasteiger partial charge on any atom is 0.0884 e. The van der Waals surface area contributed by atoms with Gasteiger partial charge in [0, 0.05) is 22.6 Å². The van der Waals surface area contributed by atoms with Gasteiger partial charge in [-0.05, 0) is 17.7 Å².